The first-order chi connectivity index (χ1) is 14.4. The van der Waals surface area contributed by atoms with Crippen molar-refractivity contribution in [3.8, 4) is 0 Å². The van der Waals surface area contributed by atoms with Crippen molar-refractivity contribution in [3.63, 3.8) is 0 Å². The molecule has 162 valence electrons. The van der Waals surface area contributed by atoms with Crippen LogP contribution in [-0.4, -0.2) is 47.9 Å². The van der Waals surface area contributed by atoms with E-state index in [1.54, 1.807) is 12.1 Å². The minimum absolute atomic E-state index is 0.106. The standard InChI is InChI=1S/C22H29FN4O3/c1-2-15-8-10-22(11-9-15)20(29)27(21(30)25-22)14-18(28)24-19-16(23)6-5-7-17(19)26-12-3-4-13-26/h5-7,15H,2-4,8-14H2,1H3,(H,24,28)(H,25,30). The van der Waals surface area contributed by atoms with E-state index in [1.807, 2.05) is 4.90 Å². The highest BCUT2D eigenvalue weighted by Crippen LogP contribution is 2.37. The van der Waals surface area contributed by atoms with E-state index in [0.717, 1.165) is 50.1 Å². The van der Waals surface area contributed by atoms with Crippen LogP contribution in [0.15, 0.2) is 18.2 Å². The highest BCUT2D eigenvalue weighted by molar-refractivity contribution is 6.10. The minimum Gasteiger partial charge on any atom is -0.370 e. The van der Waals surface area contributed by atoms with Crippen molar-refractivity contribution in [3.05, 3.63) is 24.0 Å². The summed E-state index contributed by atoms with van der Waals surface area (Å²) in [5, 5.41) is 5.43. The number of nitrogens with zero attached hydrogens (tertiary/aromatic N) is 2. The van der Waals surface area contributed by atoms with Crippen LogP contribution in [0.5, 0.6) is 0 Å². The zero-order valence-corrected chi connectivity index (χ0v) is 17.4. The van der Waals surface area contributed by atoms with Crippen LogP contribution >= 0.6 is 0 Å². The van der Waals surface area contributed by atoms with Gasteiger partial charge in [0.15, 0.2) is 0 Å². The number of nitrogens with one attached hydrogen (secondary N) is 2. The molecular formula is C22H29FN4O3. The van der Waals surface area contributed by atoms with Crippen molar-refractivity contribution in [1.82, 2.24) is 10.2 Å². The topological polar surface area (TPSA) is 81.8 Å². The van der Waals surface area contributed by atoms with Gasteiger partial charge in [-0.25, -0.2) is 9.18 Å². The maximum atomic E-state index is 14.5. The highest BCUT2D eigenvalue weighted by atomic mass is 19.1. The van der Waals surface area contributed by atoms with E-state index in [2.05, 4.69) is 17.6 Å². The van der Waals surface area contributed by atoms with Crippen LogP contribution in [0.2, 0.25) is 0 Å². The molecule has 8 heteroatoms. The fraction of sp³-hybridized carbons (Fsp3) is 0.591. The summed E-state index contributed by atoms with van der Waals surface area (Å²) in [6.07, 6.45) is 6.07. The lowest BCUT2D eigenvalue weighted by atomic mass is 9.75. The van der Waals surface area contributed by atoms with Gasteiger partial charge in [-0.2, -0.15) is 0 Å². The van der Waals surface area contributed by atoms with Crippen LogP contribution in [0.25, 0.3) is 0 Å². The van der Waals surface area contributed by atoms with E-state index >= 15 is 0 Å². The second-order valence-corrected chi connectivity index (χ2v) is 8.63. The molecule has 4 rings (SSSR count). The van der Waals surface area contributed by atoms with Gasteiger partial charge in [-0.1, -0.05) is 19.4 Å². The molecular weight excluding hydrogens is 387 g/mol. The molecule has 0 bridgehead atoms. The third-order valence-corrected chi connectivity index (χ3v) is 6.79. The van der Waals surface area contributed by atoms with Crippen LogP contribution in [0.4, 0.5) is 20.6 Å². The number of rotatable bonds is 5. The molecule has 1 aromatic rings. The van der Waals surface area contributed by atoms with Gasteiger partial charge in [0.1, 0.15) is 23.6 Å². The van der Waals surface area contributed by atoms with E-state index in [9.17, 15) is 18.8 Å². The van der Waals surface area contributed by atoms with Gasteiger partial charge < -0.3 is 15.5 Å². The second-order valence-electron chi connectivity index (χ2n) is 8.63. The maximum Gasteiger partial charge on any atom is 0.325 e. The molecule has 2 aliphatic heterocycles. The molecule has 2 N–H and O–H groups in total. The predicted molar refractivity (Wildman–Crippen MR) is 112 cm³/mol. The average Bonchev–Trinajstić information content (AvgIpc) is 3.34. The molecule has 1 spiro atoms. The summed E-state index contributed by atoms with van der Waals surface area (Å²) in [7, 11) is 0. The number of benzene rings is 1. The first kappa shape index (κ1) is 20.6. The Morgan fingerprint density at radius 1 is 1.23 bits per heavy atom. The molecule has 0 radical (unpaired) electrons. The molecule has 0 unspecified atom stereocenters. The SMILES string of the molecule is CCC1CCC2(CC1)NC(=O)N(CC(=O)Nc1c(F)cccc1N1CCCC1)C2=O. The molecule has 1 aliphatic carbocycles. The number of carbonyl (C=O) groups is 3. The Kier molecular flexibility index (Phi) is 5.66. The van der Waals surface area contributed by atoms with Gasteiger partial charge in [0, 0.05) is 13.1 Å². The largest absolute Gasteiger partial charge is 0.370 e. The fourth-order valence-electron chi connectivity index (χ4n) is 4.92. The average molecular weight is 416 g/mol. The molecule has 30 heavy (non-hydrogen) atoms. The summed E-state index contributed by atoms with van der Waals surface area (Å²) >= 11 is 0. The van der Waals surface area contributed by atoms with Crippen LogP contribution in [0.1, 0.15) is 51.9 Å². The zero-order valence-electron chi connectivity index (χ0n) is 17.4. The molecule has 0 atom stereocenters. The van der Waals surface area contributed by atoms with Gasteiger partial charge in [-0.15, -0.1) is 0 Å². The van der Waals surface area contributed by atoms with Crippen molar-refractivity contribution in [2.45, 2.75) is 57.4 Å². The Bertz CT molecular complexity index is 845. The monoisotopic (exact) mass is 416 g/mol. The lowest BCUT2D eigenvalue weighted by Gasteiger charge is -2.34. The van der Waals surface area contributed by atoms with E-state index in [-0.39, 0.29) is 11.6 Å². The molecule has 2 heterocycles. The number of hydrogen-bond acceptors (Lipinski definition) is 4. The summed E-state index contributed by atoms with van der Waals surface area (Å²) in [4.78, 5) is 41.2. The Balaban J connectivity index is 1.45. The minimum atomic E-state index is -0.887. The molecule has 4 amide bonds. The Morgan fingerprint density at radius 2 is 1.93 bits per heavy atom. The first-order valence-electron chi connectivity index (χ1n) is 10.9. The molecule has 3 aliphatic rings. The lowest BCUT2D eigenvalue weighted by molar-refractivity contribution is -0.135. The summed E-state index contributed by atoms with van der Waals surface area (Å²) < 4.78 is 14.5. The van der Waals surface area contributed by atoms with E-state index in [4.69, 9.17) is 0 Å². The fourth-order valence-corrected chi connectivity index (χ4v) is 4.92. The molecule has 7 nitrogen and oxygen atoms in total. The summed E-state index contributed by atoms with van der Waals surface area (Å²) in [6, 6.07) is 4.15. The normalized spacial score (nSPS) is 26.4. The molecule has 1 aromatic carbocycles. The van der Waals surface area contributed by atoms with Gasteiger partial charge in [-0.3, -0.25) is 14.5 Å². The third-order valence-electron chi connectivity index (χ3n) is 6.79. The quantitative estimate of drug-likeness (QED) is 0.722. The van der Waals surface area contributed by atoms with Gasteiger partial charge in [-0.05, 0) is 56.6 Å². The Morgan fingerprint density at radius 3 is 2.60 bits per heavy atom. The van der Waals surface area contributed by atoms with Crippen LogP contribution in [0.3, 0.4) is 0 Å². The van der Waals surface area contributed by atoms with Crippen molar-refractivity contribution in [2.24, 2.45) is 5.92 Å². The lowest BCUT2D eigenvalue weighted by Crippen LogP contribution is -2.49. The van der Waals surface area contributed by atoms with Gasteiger partial charge in [0.2, 0.25) is 5.91 Å². The predicted octanol–water partition coefficient (Wildman–Crippen LogP) is 3.26. The zero-order chi connectivity index (χ0) is 21.3. The Hall–Kier alpha value is -2.64. The summed E-state index contributed by atoms with van der Waals surface area (Å²) in [6.45, 7) is 3.33. The number of imide groups is 1. The number of carbonyl (C=O) groups excluding carboxylic acids is 3. The van der Waals surface area contributed by atoms with Crippen LogP contribution in [-0.2, 0) is 9.59 Å². The highest BCUT2D eigenvalue weighted by Gasteiger charge is 2.52. The summed E-state index contributed by atoms with van der Waals surface area (Å²) in [5.41, 5.74) is -0.149. The van der Waals surface area contributed by atoms with Crippen molar-refractivity contribution in [1.29, 1.82) is 0 Å². The van der Waals surface area contributed by atoms with Crippen molar-refractivity contribution < 1.29 is 18.8 Å². The molecule has 3 fully saturated rings. The third kappa shape index (κ3) is 3.75. The van der Waals surface area contributed by atoms with Crippen molar-refractivity contribution in [2.75, 3.05) is 29.9 Å². The number of amides is 4. The van der Waals surface area contributed by atoms with Gasteiger partial charge >= 0.3 is 6.03 Å². The molecule has 1 saturated carbocycles. The maximum absolute atomic E-state index is 14.5. The number of hydrogen-bond donors (Lipinski definition) is 2. The van der Waals surface area contributed by atoms with Gasteiger partial charge in [0.25, 0.3) is 5.91 Å². The molecule has 0 aromatic heterocycles. The summed E-state index contributed by atoms with van der Waals surface area (Å²) in [5.74, 6) is -0.879. The number of para-hydroxylation sites is 1. The number of urea groups is 1. The van der Waals surface area contributed by atoms with E-state index in [1.165, 1.54) is 6.07 Å². The van der Waals surface area contributed by atoms with E-state index < -0.39 is 29.8 Å². The van der Waals surface area contributed by atoms with Crippen LogP contribution in [0, 0.1) is 11.7 Å². The van der Waals surface area contributed by atoms with E-state index in [0.29, 0.717) is 24.4 Å². The second kappa shape index (κ2) is 8.24. The van der Waals surface area contributed by atoms with Gasteiger partial charge in [0.05, 0.1) is 5.69 Å². The smallest absolute Gasteiger partial charge is 0.325 e. The molecule has 2 saturated heterocycles. The van der Waals surface area contributed by atoms with Crippen LogP contribution < -0.4 is 15.5 Å². The van der Waals surface area contributed by atoms with Crippen molar-refractivity contribution >= 4 is 29.2 Å². The first-order valence-corrected chi connectivity index (χ1v) is 10.9. The number of halogens is 1. The number of anilines is 2. The Labute approximate surface area is 176 Å².